The lowest BCUT2D eigenvalue weighted by atomic mass is 9.86. The predicted molar refractivity (Wildman–Crippen MR) is 45.1 cm³/mol. The van der Waals surface area contributed by atoms with Crippen molar-refractivity contribution in [1.82, 2.24) is 0 Å². The van der Waals surface area contributed by atoms with Gasteiger partial charge >= 0.3 is 0 Å². The van der Waals surface area contributed by atoms with E-state index < -0.39 is 5.67 Å². The van der Waals surface area contributed by atoms with Crippen molar-refractivity contribution in [3.63, 3.8) is 0 Å². The van der Waals surface area contributed by atoms with E-state index in [-0.39, 0.29) is 12.5 Å². The SMILES string of the molecule is CCC(F)(CN)C1CCCC1. The predicted octanol–water partition coefficient (Wildman–Crippen LogP) is 2.25. The number of hydrogen-bond donors (Lipinski definition) is 1. The first kappa shape index (κ1) is 8.98. The third kappa shape index (κ3) is 1.73. The second-order valence-corrected chi connectivity index (χ2v) is 3.57. The molecule has 1 nitrogen and oxygen atoms in total. The minimum atomic E-state index is -1.06. The highest BCUT2D eigenvalue weighted by atomic mass is 19.1. The number of rotatable bonds is 3. The maximum Gasteiger partial charge on any atom is 0.125 e. The van der Waals surface area contributed by atoms with Crippen LogP contribution in [0.1, 0.15) is 39.0 Å². The van der Waals surface area contributed by atoms with E-state index in [1.54, 1.807) is 0 Å². The summed E-state index contributed by atoms with van der Waals surface area (Å²) in [6.07, 6.45) is 5.05. The van der Waals surface area contributed by atoms with Crippen molar-refractivity contribution in [3.8, 4) is 0 Å². The van der Waals surface area contributed by atoms with E-state index in [0.717, 1.165) is 12.8 Å². The fraction of sp³-hybridized carbons (Fsp3) is 1.00. The van der Waals surface area contributed by atoms with Gasteiger partial charge < -0.3 is 5.73 Å². The molecule has 0 saturated heterocycles. The highest BCUT2D eigenvalue weighted by Crippen LogP contribution is 2.37. The average molecular weight is 159 g/mol. The first-order valence-corrected chi connectivity index (χ1v) is 4.62. The van der Waals surface area contributed by atoms with Crippen molar-refractivity contribution >= 4 is 0 Å². The summed E-state index contributed by atoms with van der Waals surface area (Å²) in [5, 5.41) is 0. The molecule has 0 radical (unpaired) electrons. The highest BCUT2D eigenvalue weighted by Gasteiger charge is 2.37. The molecule has 0 amide bonds. The van der Waals surface area contributed by atoms with E-state index >= 15 is 0 Å². The van der Waals surface area contributed by atoms with Gasteiger partial charge in [0.05, 0.1) is 0 Å². The smallest absolute Gasteiger partial charge is 0.125 e. The molecule has 1 rings (SSSR count). The summed E-state index contributed by atoms with van der Waals surface area (Å²) in [5.74, 6) is 0.248. The maximum atomic E-state index is 13.8. The van der Waals surface area contributed by atoms with Crippen molar-refractivity contribution in [1.29, 1.82) is 0 Å². The number of hydrogen-bond acceptors (Lipinski definition) is 1. The van der Waals surface area contributed by atoms with E-state index in [4.69, 9.17) is 5.73 Å². The Bertz CT molecular complexity index is 115. The van der Waals surface area contributed by atoms with Crippen molar-refractivity contribution in [3.05, 3.63) is 0 Å². The fourth-order valence-corrected chi connectivity index (χ4v) is 2.04. The summed E-state index contributed by atoms with van der Waals surface area (Å²) in [4.78, 5) is 0. The van der Waals surface area contributed by atoms with Gasteiger partial charge in [0.1, 0.15) is 5.67 Å². The topological polar surface area (TPSA) is 26.0 Å². The summed E-state index contributed by atoms with van der Waals surface area (Å²) in [7, 11) is 0. The van der Waals surface area contributed by atoms with Gasteiger partial charge in [-0.15, -0.1) is 0 Å². The van der Waals surface area contributed by atoms with Gasteiger partial charge in [0.25, 0.3) is 0 Å². The summed E-state index contributed by atoms with van der Waals surface area (Å²) in [6, 6.07) is 0. The van der Waals surface area contributed by atoms with Gasteiger partial charge in [-0.05, 0) is 25.2 Å². The molecule has 1 aliphatic rings. The van der Waals surface area contributed by atoms with Crippen LogP contribution < -0.4 is 5.73 Å². The van der Waals surface area contributed by atoms with Crippen LogP contribution in [0.3, 0.4) is 0 Å². The second-order valence-electron chi connectivity index (χ2n) is 3.57. The number of halogens is 1. The molecular formula is C9H18FN. The molecule has 1 aliphatic carbocycles. The molecule has 11 heavy (non-hydrogen) atoms. The number of alkyl halides is 1. The Hall–Kier alpha value is -0.110. The Balaban J connectivity index is 2.52. The Kier molecular flexibility index (Phi) is 2.88. The van der Waals surface area contributed by atoms with Crippen molar-refractivity contribution in [2.45, 2.75) is 44.7 Å². The molecule has 1 saturated carbocycles. The van der Waals surface area contributed by atoms with E-state index in [0.29, 0.717) is 6.42 Å². The largest absolute Gasteiger partial charge is 0.328 e. The lowest BCUT2D eigenvalue weighted by Crippen LogP contribution is -2.39. The van der Waals surface area contributed by atoms with Crippen LogP contribution in [0.5, 0.6) is 0 Å². The molecule has 2 N–H and O–H groups in total. The summed E-state index contributed by atoms with van der Waals surface area (Å²) in [6.45, 7) is 2.10. The first-order chi connectivity index (χ1) is 5.23. The van der Waals surface area contributed by atoms with Crippen molar-refractivity contribution < 1.29 is 4.39 Å². The Morgan fingerprint density at radius 3 is 2.36 bits per heavy atom. The van der Waals surface area contributed by atoms with Crippen LogP contribution >= 0.6 is 0 Å². The van der Waals surface area contributed by atoms with Crippen molar-refractivity contribution in [2.75, 3.05) is 6.54 Å². The third-order valence-electron chi connectivity index (χ3n) is 3.01. The zero-order chi connectivity index (χ0) is 8.32. The monoisotopic (exact) mass is 159 g/mol. The molecule has 0 aliphatic heterocycles. The molecule has 0 bridgehead atoms. The summed E-state index contributed by atoms with van der Waals surface area (Å²) in [5.41, 5.74) is 4.36. The molecule has 0 spiro atoms. The third-order valence-corrected chi connectivity index (χ3v) is 3.01. The highest BCUT2D eigenvalue weighted by molar-refractivity contribution is 4.89. The molecule has 66 valence electrons. The first-order valence-electron chi connectivity index (χ1n) is 4.62. The molecule has 1 fully saturated rings. The van der Waals surface area contributed by atoms with E-state index in [1.165, 1.54) is 12.8 Å². The van der Waals surface area contributed by atoms with Crippen LogP contribution in [0.4, 0.5) is 4.39 Å². The van der Waals surface area contributed by atoms with Gasteiger partial charge in [0.15, 0.2) is 0 Å². The van der Waals surface area contributed by atoms with Crippen LogP contribution in [0, 0.1) is 5.92 Å². The molecule has 1 atom stereocenters. The number of nitrogens with two attached hydrogens (primary N) is 1. The van der Waals surface area contributed by atoms with Crippen molar-refractivity contribution in [2.24, 2.45) is 11.7 Å². The minimum absolute atomic E-state index is 0.203. The van der Waals surface area contributed by atoms with Crippen LogP contribution in [-0.2, 0) is 0 Å². The molecule has 0 aromatic carbocycles. The molecule has 0 aromatic heterocycles. The van der Waals surface area contributed by atoms with Gasteiger partial charge in [0, 0.05) is 6.54 Å². The van der Waals surface area contributed by atoms with E-state index in [9.17, 15) is 4.39 Å². The molecule has 1 unspecified atom stereocenters. The maximum absolute atomic E-state index is 13.8. The normalized spacial score (nSPS) is 25.4. The van der Waals surface area contributed by atoms with Gasteiger partial charge in [-0.25, -0.2) is 4.39 Å². The second kappa shape index (κ2) is 3.53. The standard InChI is InChI=1S/C9H18FN/c1-2-9(10,7-11)8-5-3-4-6-8/h8H,2-7,11H2,1H3. The van der Waals surface area contributed by atoms with E-state index in [2.05, 4.69) is 0 Å². The van der Waals surface area contributed by atoms with E-state index in [1.807, 2.05) is 6.92 Å². The Morgan fingerprint density at radius 2 is 2.00 bits per heavy atom. The average Bonchev–Trinajstić information content (AvgIpc) is 2.55. The quantitative estimate of drug-likeness (QED) is 0.671. The molecule has 0 aromatic rings. The molecule has 0 heterocycles. The Labute approximate surface area is 68.2 Å². The lowest BCUT2D eigenvalue weighted by molar-refractivity contribution is 0.0881. The summed E-state index contributed by atoms with van der Waals surface area (Å²) < 4.78 is 13.8. The van der Waals surface area contributed by atoms with Crippen LogP contribution in [-0.4, -0.2) is 12.2 Å². The van der Waals surface area contributed by atoms with Gasteiger partial charge in [-0.2, -0.15) is 0 Å². The minimum Gasteiger partial charge on any atom is -0.328 e. The lowest BCUT2D eigenvalue weighted by Gasteiger charge is -2.28. The zero-order valence-electron chi connectivity index (χ0n) is 7.28. The Morgan fingerprint density at radius 1 is 1.45 bits per heavy atom. The zero-order valence-corrected chi connectivity index (χ0v) is 7.28. The van der Waals surface area contributed by atoms with Crippen LogP contribution in [0.2, 0.25) is 0 Å². The molecular weight excluding hydrogens is 141 g/mol. The summed E-state index contributed by atoms with van der Waals surface area (Å²) >= 11 is 0. The van der Waals surface area contributed by atoms with Gasteiger partial charge in [-0.1, -0.05) is 19.8 Å². The van der Waals surface area contributed by atoms with Crippen LogP contribution in [0.25, 0.3) is 0 Å². The van der Waals surface area contributed by atoms with Gasteiger partial charge in [0.2, 0.25) is 0 Å². The van der Waals surface area contributed by atoms with Gasteiger partial charge in [-0.3, -0.25) is 0 Å². The van der Waals surface area contributed by atoms with Crippen LogP contribution in [0.15, 0.2) is 0 Å². The fourth-order valence-electron chi connectivity index (χ4n) is 2.04. The molecule has 2 heteroatoms.